The van der Waals surface area contributed by atoms with Crippen molar-refractivity contribution in [1.29, 1.82) is 0 Å². The number of halogens is 1. The highest BCUT2D eigenvalue weighted by molar-refractivity contribution is 7.92. The predicted octanol–water partition coefficient (Wildman–Crippen LogP) is 3.95. The van der Waals surface area contributed by atoms with Crippen LogP contribution in [0.1, 0.15) is 10.4 Å². The molecule has 1 amide bonds. The van der Waals surface area contributed by atoms with Crippen LogP contribution in [-0.2, 0) is 10.0 Å². The van der Waals surface area contributed by atoms with E-state index in [2.05, 4.69) is 10.0 Å². The van der Waals surface area contributed by atoms with Gasteiger partial charge in [0.2, 0.25) is 0 Å². The fourth-order valence-corrected chi connectivity index (χ4v) is 3.68. The molecule has 0 unspecified atom stereocenters. The van der Waals surface area contributed by atoms with Crippen LogP contribution in [0.4, 0.5) is 5.69 Å². The summed E-state index contributed by atoms with van der Waals surface area (Å²) in [4.78, 5) is 12.4. The van der Waals surface area contributed by atoms with E-state index in [4.69, 9.17) is 16.3 Å². The lowest BCUT2D eigenvalue weighted by Crippen LogP contribution is -2.28. The van der Waals surface area contributed by atoms with Crippen LogP contribution >= 0.6 is 11.6 Å². The number of hydrogen-bond acceptors (Lipinski definition) is 4. The van der Waals surface area contributed by atoms with Crippen molar-refractivity contribution < 1.29 is 17.9 Å². The Kier molecular flexibility index (Phi) is 6.74. The summed E-state index contributed by atoms with van der Waals surface area (Å²) in [7, 11) is -3.67. The maximum absolute atomic E-state index is 12.3. The van der Waals surface area contributed by atoms with Gasteiger partial charge in [-0.05, 0) is 60.7 Å². The van der Waals surface area contributed by atoms with Gasteiger partial charge in [0.15, 0.2) is 0 Å². The van der Waals surface area contributed by atoms with E-state index < -0.39 is 10.0 Å². The Morgan fingerprint density at radius 3 is 2.21 bits per heavy atom. The molecular weight excluding hydrogens is 412 g/mol. The molecule has 150 valence electrons. The summed E-state index contributed by atoms with van der Waals surface area (Å²) in [5, 5.41) is 3.37. The van der Waals surface area contributed by atoms with Gasteiger partial charge in [0, 0.05) is 16.3 Å². The van der Waals surface area contributed by atoms with Crippen LogP contribution in [0.2, 0.25) is 5.02 Å². The molecule has 3 aromatic rings. The summed E-state index contributed by atoms with van der Waals surface area (Å²) in [6.45, 7) is 0.631. The molecule has 3 aromatic carbocycles. The van der Waals surface area contributed by atoms with Gasteiger partial charge in [-0.15, -0.1) is 0 Å². The lowest BCUT2D eigenvalue weighted by Gasteiger charge is -2.10. The number of carbonyl (C=O) groups excluding carboxylic acids is 1. The molecule has 0 aliphatic heterocycles. The second-order valence-electron chi connectivity index (χ2n) is 6.05. The molecule has 0 fully saturated rings. The van der Waals surface area contributed by atoms with Gasteiger partial charge < -0.3 is 10.1 Å². The maximum atomic E-state index is 12.3. The Hall–Kier alpha value is -3.03. The molecule has 0 bridgehead atoms. The first-order valence-electron chi connectivity index (χ1n) is 8.78. The maximum Gasteiger partial charge on any atom is 0.261 e. The van der Waals surface area contributed by atoms with E-state index in [0.717, 1.165) is 0 Å². The summed E-state index contributed by atoms with van der Waals surface area (Å²) < 4.78 is 32.6. The molecule has 0 atom stereocenters. The molecule has 0 aliphatic rings. The van der Waals surface area contributed by atoms with Crippen molar-refractivity contribution in [3.63, 3.8) is 0 Å². The second-order valence-corrected chi connectivity index (χ2v) is 8.17. The van der Waals surface area contributed by atoms with E-state index in [-0.39, 0.29) is 10.8 Å². The van der Waals surface area contributed by atoms with Crippen molar-refractivity contribution in [2.24, 2.45) is 0 Å². The SMILES string of the molecule is O=C(NCCOc1ccc(Cl)cc1)c1ccc(NS(=O)(=O)c2ccccc2)cc1. The van der Waals surface area contributed by atoms with Gasteiger partial charge in [0.1, 0.15) is 12.4 Å². The van der Waals surface area contributed by atoms with E-state index in [9.17, 15) is 13.2 Å². The quantitative estimate of drug-likeness (QED) is 0.530. The normalized spacial score (nSPS) is 10.9. The minimum atomic E-state index is -3.67. The number of benzene rings is 3. The van der Waals surface area contributed by atoms with E-state index in [1.807, 2.05) is 0 Å². The number of sulfonamides is 1. The molecule has 0 radical (unpaired) electrons. The standard InChI is InChI=1S/C21H19ClN2O4S/c22-17-8-12-19(13-9-17)28-15-14-23-21(25)16-6-10-18(11-7-16)24-29(26,27)20-4-2-1-3-5-20/h1-13,24H,14-15H2,(H,23,25). The number of rotatable bonds is 8. The van der Waals surface area contributed by atoms with Gasteiger partial charge >= 0.3 is 0 Å². The average Bonchev–Trinajstić information content (AvgIpc) is 2.73. The monoisotopic (exact) mass is 430 g/mol. The number of carbonyl (C=O) groups is 1. The molecule has 0 aliphatic carbocycles. The number of nitrogens with one attached hydrogen (secondary N) is 2. The fourth-order valence-electron chi connectivity index (χ4n) is 2.47. The van der Waals surface area contributed by atoms with E-state index in [0.29, 0.717) is 35.2 Å². The van der Waals surface area contributed by atoms with Crippen molar-refractivity contribution >= 4 is 33.2 Å². The molecule has 8 heteroatoms. The second kappa shape index (κ2) is 9.45. The predicted molar refractivity (Wildman–Crippen MR) is 113 cm³/mol. The van der Waals surface area contributed by atoms with Crippen molar-refractivity contribution in [3.05, 3.63) is 89.4 Å². The molecule has 0 aromatic heterocycles. The van der Waals surface area contributed by atoms with Crippen molar-refractivity contribution in [1.82, 2.24) is 5.32 Å². The van der Waals surface area contributed by atoms with Crippen LogP contribution < -0.4 is 14.8 Å². The lowest BCUT2D eigenvalue weighted by molar-refractivity contribution is 0.0947. The van der Waals surface area contributed by atoms with Gasteiger partial charge in [-0.3, -0.25) is 9.52 Å². The molecule has 2 N–H and O–H groups in total. The van der Waals surface area contributed by atoms with Gasteiger partial charge in [-0.1, -0.05) is 29.8 Å². The fraction of sp³-hybridized carbons (Fsp3) is 0.0952. The minimum absolute atomic E-state index is 0.169. The molecule has 0 heterocycles. The summed E-state index contributed by atoms with van der Waals surface area (Å²) >= 11 is 5.81. The average molecular weight is 431 g/mol. The van der Waals surface area contributed by atoms with Crippen LogP contribution in [0.5, 0.6) is 5.75 Å². The highest BCUT2D eigenvalue weighted by atomic mass is 35.5. The van der Waals surface area contributed by atoms with Gasteiger partial charge in [0.25, 0.3) is 15.9 Å². The summed E-state index contributed by atoms with van der Waals surface area (Å²) in [6, 6.07) is 21.2. The Morgan fingerprint density at radius 2 is 1.55 bits per heavy atom. The zero-order valence-electron chi connectivity index (χ0n) is 15.3. The van der Waals surface area contributed by atoms with Gasteiger partial charge in [-0.2, -0.15) is 0 Å². The van der Waals surface area contributed by atoms with Crippen LogP contribution in [0, 0.1) is 0 Å². The van der Waals surface area contributed by atoms with Crippen LogP contribution in [-0.4, -0.2) is 27.5 Å². The highest BCUT2D eigenvalue weighted by Crippen LogP contribution is 2.17. The molecule has 3 rings (SSSR count). The summed E-state index contributed by atoms with van der Waals surface area (Å²) in [6.07, 6.45) is 0. The van der Waals surface area contributed by atoms with E-state index in [1.165, 1.54) is 12.1 Å². The van der Waals surface area contributed by atoms with Crippen LogP contribution in [0.3, 0.4) is 0 Å². The molecule has 0 saturated carbocycles. The Labute approximate surface area is 174 Å². The van der Waals surface area contributed by atoms with Gasteiger partial charge in [0.05, 0.1) is 11.4 Å². The Bertz CT molecular complexity index is 1050. The minimum Gasteiger partial charge on any atom is -0.492 e. The molecule has 0 spiro atoms. The largest absolute Gasteiger partial charge is 0.492 e. The Balaban J connectivity index is 1.50. The number of ether oxygens (including phenoxy) is 1. The smallest absolute Gasteiger partial charge is 0.261 e. The number of amides is 1. The zero-order valence-corrected chi connectivity index (χ0v) is 16.9. The van der Waals surface area contributed by atoms with E-state index in [1.54, 1.807) is 66.7 Å². The third kappa shape index (κ3) is 5.97. The molecule has 29 heavy (non-hydrogen) atoms. The highest BCUT2D eigenvalue weighted by Gasteiger charge is 2.13. The van der Waals surface area contributed by atoms with Crippen molar-refractivity contribution in [2.75, 3.05) is 17.9 Å². The molecule has 0 saturated heterocycles. The van der Waals surface area contributed by atoms with Crippen molar-refractivity contribution in [3.8, 4) is 5.75 Å². The van der Waals surface area contributed by atoms with E-state index >= 15 is 0 Å². The first-order valence-corrected chi connectivity index (χ1v) is 10.6. The van der Waals surface area contributed by atoms with Crippen molar-refractivity contribution in [2.45, 2.75) is 4.90 Å². The lowest BCUT2D eigenvalue weighted by atomic mass is 10.2. The first kappa shape index (κ1) is 20.7. The zero-order chi connectivity index (χ0) is 20.7. The third-order valence-electron chi connectivity index (χ3n) is 3.92. The van der Waals surface area contributed by atoms with Crippen LogP contribution in [0.25, 0.3) is 0 Å². The third-order valence-corrected chi connectivity index (χ3v) is 5.57. The topological polar surface area (TPSA) is 84.5 Å². The van der Waals surface area contributed by atoms with Gasteiger partial charge in [-0.25, -0.2) is 8.42 Å². The van der Waals surface area contributed by atoms with Crippen LogP contribution in [0.15, 0.2) is 83.8 Å². The number of anilines is 1. The number of hydrogen-bond donors (Lipinski definition) is 2. The first-order chi connectivity index (χ1) is 13.9. The summed E-state index contributed by atoms with van der Waals surface area (Å²) in [5.41, 5.74) is 0.788. The Morgan fingerprint density at radius 1 is 0.897 bits per heavy atom. The molecule has 6 nitrogen and oxygen atoms in total. The molecular formula is C21H19ClN2O4S. The summed E-state index contributed by atoms with van der Waals surface area (Å²) in [5.74, 6) is 0.390.